The third kappa shape index (κ3) is 1.89. The van der Waals surface area contributed by atoms with E-state index in [0.29, 0.717) is 0 Å². The smallest absolute Gasteiger partial charge is 0.0503 e. The zero-order valence-corrected chi connectivity index (χ0v) is 11.0. The lowest BCUT2D eigenvalue weighted by Gasteiger charge is -2.16. The van der Waals surface area contributed by atoms with Gasteiger partial charge in [-0.1, -0.05) is 6.07 Å². The number of hydrogen-bond acceptors (Lipinski definition) is 2. The van der Waals surface area contributed by atoms with E-state index in [1.54, 1.807) is 0 Å². The normalized spacial score (nSPS) is 16.7. The molecule has 0 atom stereocenters. The monoisotopic (exact) mass is 243 g/mol. The summed E-state index contributed by atoms with van der Waals surface area (Å²) in [6, 6.07) is 8.47. The molecule has 1 saturated heterocycles. The van der Waals surface area contributed by atoms with Crippen molar-refractivity contribution < 1.29 is 0 Å². The molecule has 2 heterocycles. The molecule has 3 rings (SSSR count). The van der Waals surface area contributed by atoms with E-state index in [4.69, 9.17) is 5.73 Å². The van der Waals surface area contributed by atoms with Gasteiger partial charge in [-0.3, -0.25) is 4.90 Å². The quantitative estimate of drug-likeness (QED) is 0.841. The largest absolute Gasteiger partial charge is 0.398 e. The average molecular weight is 243 g/mol. The van der Waals surface area contributed by atoms with E-state index in [-0.39, 0.29) is 0 Å². The molecule has 0 spiro atoms. The second-order valence-corrected chi connectivity index (χ2v) is 5.14. The van der Waals surface area contributed by atoms with Gasteiger partial charge in [0.2, 0.25) is 0 Å². The van der Waals surface area contributed by atoms with E-state index in [1.165, 1.54) is 42.5 Å². The summed E-state index contributed by atoms with van der Waals surface area (Å²) in [5.41, 5.74) is 9.63. The summed E-state index contributed by atoms with van der Waals surface area (Å²) in [6.45, 7) is 6.75. The Hall–Kier alpha value is -1.48. The maximum atomic E-state index is 6.07. The number of benzene rings is 1. The van der Waals surface area contributed by atoms with Crippen LogP contribution in [-0.4, -0.2) is 22.6 Å². The third-order valence-electron chi connectivity index (χ3n) is 3.97. The Morgan fingerprint density at radius 1 is 1.22 bits per heavy atom. The van der Waals surface area contributed by atoms with Gasteiger partial charge in [-0.2, -0.15) is 0 Å². The maximum absolute atomic E-state index is 6.07. The van der Waals surface area contributed by atoms with Crippen LogP contribution in [0.2, 0.25) is 0 Å². The number of anilines is 1. The van der Waals surface area contributed by atoms with Crippen molar-refractivity contribution >= 4 is 16.6 Å². The van der Waals surface area contributed by atoms with Crippen molar-refractivity contribution in [2.45, 2.75) is 32.9 Å². The van der Waals surface area contributed by atoms with Crippen LogP contribution in [0, 0.1) is 0 Å². The van der Waals surface area contributed by atoms with Gasteiger partial charge < -0.3 is 10.3 Å². The highest BCUT2D eigenvalue weighted by Crippen LogP contribution is 2.26. The lowest BCUT2D eigenvalue weighted by molar-refractivity contribution is 0.322. The van der Waals surface area contributed by atoms with Crippen molar-refractivity contribution in [1.82, 2.24) is 9.47 Å². The Morgan fingerprint density at radius 3 is 2.72 bits per heavy atom. The predicted octanol–water partition coefficient (Wildman–Crippen LogP) is 2.84. The Morgan fingerprint density at radius 2 is 2.00 bits per heavy atom. The van der Waals surface area contributed by atoms with Gasteiger partial charge in [-0.15, -0.1) is 0 Å². The summed E-state index contributed by atoms with van der Waals surface area (Å²) in [6.07, 6.45) is 2.68. The number of aryl methyl sites for hydroxylation is 1. The van der Waals surface area contributed by atoms with Crippen LogP contribution in [0.4, 0.5) is 5.69 Å². The van der Waals surface area contributed by atoms with Crippen molar-refractivity contribution in [1.29, 1.82) is 0 Å². The fraction of sp³-hybridized carbons (Fsp3) is 0.467. The maximum Gasteiger partial charge on any atom is 0.0503 e. The molecule has 1 aromatic carbocycles. The van der Waals surface area contributed by atoms with Crippen molar-refractivity contribution in [3.05, 3.63) is 30.0 Å². The van der Waals surface area contributed by atoms with Gasteiger partial charge in [-0.05, 0) is 51.1 Å². The highest BCUT2D eigenvalue weighted by Gasteiger charge is 2.15. The van der Waals surface area contributed by atoms with Crippen LogP contribution in [0.25, 0.3) is 10.9 Å². The summed E-state index contributed by atoms with van der Waals surface area (Å²) in [7, 11) is 0. The molecule has 1 aliphatic rings. The van der Waals surface area contributed by atoms with Crippen molar-refractivity contribution in [2.75, 3.05) is 18.8 Å². The predicted molar refractivity (Wildman–Crippen MR) is 76.5 cm³/mol. The summed E-state index contributed by atoms with van der Waals surface area (Å²) in [4.78, 5) is 2.54. The number of nitrogens with zero attached hydrogens (tertiary/aromatic N) is 2. The van der Waals surface area contributed by atoms with Crippen LogP contribution in [-0.2, 0) is 13.1 Å². The average Bonchev–Trinajstić information content (AvgIpc) is 2.97. The van der Waals surface area contributed by atoms with Crippen molar-refractivity contribution in [2.24, 2.45) is 0 Å². The number of nitrogen functional groups attached to an aromatic ring is 1. The van der Waals surface area contributed by atoms with Crippen LogP contribution >= 0.6 is 0 Å². The summed E-state index contributed by atoms with van der Waals surface area (Å²) in [5.74, 6) is 0. The van der Waals surface area contributed by atoms with Crippen molar-refractivity contribution in [3.63, 3.8) is 0 Å². The third-order valence-corrected chi connectivity index (χ3v) is 3.97. The molecule has 0 unspecified atom stereocenters. The molecule has 0 bridgehead atoms. The Balaban J connectivity index is 2.02. The topological polar surface area (TPSA) is 34.2 Å². The van der Waals surface area contributed by atoms with Crippen LogP contribution in [0.5, 0.6) is 0 Å². The standard InChI is InChI=1S/C15H21N3/c1-2-18-12(11-17-8-3-4-9-17)10-13-14(16)6-5-7-15(13)18/h5-7,10H,2-4,8-9,11,16H2,1H3. The molecule has 0 amide bonds. The van der Waals surface area contributed by atoms with E-state index in [2.05, 4.69) is 28.5 Å². The molecule has 1 aromatic heterocycles. The minimum atomic E-state index is 0.891. The minimum Gasteiger partial charge on any atom is -0.398 e. The second-order valence-electron chi connectivity index (χ2n) is 5.14. The fourth-order valence-electron chi connectivity index (χ4n) is 3.04. The van der Waals surface area contributed by atoms with Crippen molar-refractivity contribution in [3.8, 4) is 0 Å². The molecule has 0 radical (unpaired) electrons. The van der Waals surface area contributed by atoms with E-state index < -0.39 is 0 Å². The van der Waals surface area contributed by atoms with Crippen LogP contribution < -0.4 is 5.73 Å². The van der Waals surface area contributed by atoms with Gasteiger partial charge in [0.15, 0.2) is 0 Å². The number of aromatic nitrogens is 1. The first-order valence-electron chi connectivity index (χ1n) is 6.88. The highest BCUT2D eigenvalue weighted by atomic mass is 15.2. The molecule has 96 valence electrons. The minimum absolute atomic E-state index is 0.891. The fourth-order valence-corrected chi connectivity index (χ4v) is 3.04. The zero-order valence-electron chi connectivity index (χ0n) is 11.0. The SMILES string of the molecule is CCn1c(CN2CCCC2)cc2c(N)cccc21. The lowest BCUT2D eigenvalue weighted by atomic mass is 10.2. The summed E-state index contributed by atoms with van der Waals surface area (Å²) >= 11 is 0. The van der Waals surface area contributed by atoms with Gasteiger partial charge in [0.05, 0.1) is 5.52 Å². The van der Waals surface area contributed by atoms with Gasteiger partial charge in [0, 0.05) is 29.9 Å². The first-order chi connectivity index (χ1) is 8.79. The summed E-state index contributed by atoms with van der Waals surface area (Å²) in [5, 5.41) is 1.20. The molecule has 18 heavy (non-hydrogen) atoms. The first-order valence-corrected chi connectivity index (χ1v) is 6.88. The van der Waals surface area contributed by atoms with Gasteiger partial charge in [-0.25, -0.2) is 0 Å². The number of likely N-dealkylation sites (tertiary alicyclic amines) is 1. The zero-order chi connectivity index (χ0) is 12.5. The number of rotatable bonds is 3. The molecule has 0 aliphatic carbocycles. The van der Waals surface area contributed by atoms with E-state index in [1.807, 2.05) is 12.1 Å². The molecule has 0 saturated carbocycles. The van der Waals surface area contributed by atoms with E-state index >= 15 is 0 Å². The van der Waals surface area contributed by atoms with Crippen LogP contribution in [0.3, 0.4) is 0 Å². The molecule has 2 N–H and O–H groups in total. The second kappa shape index (κ2) is 4.65. The Bertz CT molecular complexity index is 550. The van der Waals surface area contributed by atoms with Crippen LogP contribution in [0.1, 0.15) is 25.5 Å². The number of nitrogens with two attached hydrogens (primary N) is 1. The number of fused-ring (bicyclic) bond motifs is 1. The molecular formula is C15H21N3. The van der Waals surface area contributed by atoms with Gasteiger partial charge >= 0.3 is 0 Å². The first kappa shape index (κ1) is 11.6. The van der Waals surface area contributed by atoms with Gasteiger partial charge in [0.25, 0.3) is 0 Å². The molecule has 1 aliphatic heterocycles. The number of hydrogen-bond donors (Lipinski definition) is 1. The van der Waals surface area contributed by atoms with Gasteiger partial charge in [0.1, 0.15) is 0 Å². The Kier molecular flexibility index (Phi) is 3.00. The molecule has 1 fully saturated rings. The molecule has 3 heteroatoms. The van der Waals surface area contributed by atoms with Crippen LogP contribution in [0.15, 0.2) is 24.3 Å². The Labute approximate surface area is 108 Å². The van der Waals surface area contributed by atoms with E-state index in [0.717, 1.165) is 18.8 Å². The summed E-state index contributed by atoms with van der Waals surface area (Å²) < 4.78 is 2.39. The van der Waals surface area contributed by atoms with E-state index in [9.17, 15) is 0 Å². The molecular weight excluding hydrogens is 222 g/mol. The highest BCUT2D eigenvalue weighted by molar-refractivity contribution is 5.92. The molecule has 3 nitrogen and oxygen atoms in total. The molecule has 2 aromatic rings. The lowest BCUT2D eigenvalue weighted by Crippen LogP contribution is -2.20.